The van der Waals surface area contributed by atoms with E-state index in [0.717, 1.165) is 17.5 Å². The molecule has 1 unspecified atom stereocenters. The topological polar surface area (TPSA) is 267 Å². The predicted octanol–water partition coefficient (Wildman–Crippen LogP) is 2.88. The standard InChI is InChI=1S/C41H40F3N11O9/c42-41(43,44)22-49-32-18-24(10-11-47-32)39-51-30(21-64-39)37(59)50-29-20-55(53-34(29)35(45)57)25-6-4-23(5-7-25)36(58)48-13-15-63-17-16-62-14-12-46-28-3-1-2-26-27(28)19-54(40(26)61)31-8-9-33(56)52-38(31)60/h1-7,10-11,18,20-21,31,46H,8-9,12-17,19,22H2,(H2,45,57)(H,47,49)(H,48,58)(H,50,59)(H,52,56,60). The van der Waals surface area contributed by atoms with Crippen molar-refractivity contribution in [3.05, 3.63) is 101 Å². The molecule has 1 atom stereocenters. The number of fused-ring (bicyclic) bond motifs is 1. The average Bonchev–Trinajstić information content (AvgIpc) is 4.02. The van der Waals surface area contributed by atoms with Gasteiger partial charge in [0.05, 0.1) is 44.0 Å². The van der Waals surface area contributed by atoms with Gasteiger partial charge >= 0.3 is 6.18 Å². The molecular weight excluding hydrogens is 848 g/mol. The summed E-state index contributed by atoms with van der Waals surface area (Å²) in [5.74, 6) is -3.33. The fourth-order valence-electron chi connectivity index (χ4n) is 6.76. The van der Waals surface area contributed by atoms with Crippen LogP contribution < -0.4 is 32.3 Å². The molecular formula is C41H40F3N11O9. The molecule has 2 aromatic carbocycles. The smallest absolute Gasteiger partial charge is 0.405 e. The molecule has 0 bridgehead atoms. The maximum absolute atomic E-state index is 13.1. The maximum Gasteiger partial charge on any atom is 0.405 e. The Balaban J connectivity index is 0.813. The zero-order chi connectivity index (χ0) is 45.4. The highest BCUT2D eigenvalue weighted by atomic mass is 19.4. The second-order valence-corrected chi connectivity index (χ2v) is 14.3. The summed E-state index contributed by atoms with van der Waals surface area (Å²) in [7, 11) is 0. The molecule has 0 spiro atoms. The number of imide groups is 1. The van der Waals surface area contributed by atoms with Crippen LogP contribution in [0.4, 0.5) is 30.4 Å². The number of pyridine rings is 1. The number of nitrogens with one attached hydrogen (secondary N) is 5. The number of oxazole rings is 1. The van der Waals surface area contributed by atoms with E-state index in [1.165, 1.54) is 46.2 Å². The van der Waals surface area contributed by atoms with Crippen molar-refractivity contribution >= 4 is 52.6 Å². The third-order valence-electron chi connectivity index (χ3n) is 9.85. The van der Waals surface area contributed by atoms with Crippen molar-refractivity contribution in [2.75, 3.05) is 62.0 Å². The van der Waals surface area contributed by atoms with Crippen LogP contribution in [0.3, 0.4) is 0 Å². The van der Waals surface area contributed by atoms with Gasteiger partial charge in [-0.15, -0.1) is 0 Å². The normalized spacial score (nSPS) is 14.8. The number of primary amides is 1. The van der Waals surface area contributed by atoms with Gasteiger partial charge in [-0.25, -0.2) is 14.6 Å². The Kier molecular flexibility index (Phi) is 13.6. The summed E-state index contributed by atoms with van der Waals surface area (Å²) in [6, 6.07) is 13.5. The first-order valence-electron chi connectivity index (χ1n) is 19.7. The number of ether oxygens (including phenoxy) is 2. The van der Waals surface area contributed by atoms with Crippen molar-refractivity contribution in [3.63, 3.8) is 0 Å². The van der Waals surface area contributed by atoms with Crippen molar-refractivity contribution < 1.29 is 55.8 Å². The molecule has 0 saturated carbocycles. The van der Waals surface area contributed by atoms with Gasteiger partial charge in [0.25, 0.3) is 23.6 Å². The first-order valence-corrected chi connectivity index (χ1v) is 19.7. The van der Waals surface area contributed by atoms with Gasteiger partial charge in [0.2, 0.25) is 17.7 Å². The van der Waals surface area contributed by atoms with Gasteiger partial charge in [0, 0.05) is 60.2 Å². The third-order valence-corrected chi connectivity index (χ3v) is 9.85. The molecule has 0 aliphatic carbocycles. The second-order valence-electron chi connectivity index (χ2n) is 14.3. The number of piperidine rings is 1. The minimum Gasteiger partial charge on any atom is -0.444 e. The van der Waals surface area contributed by atoms with E-state index in [4.69, 9.17) is 19.6 Å². The number of halogens is 3. The maximum atomic E-state index is 13.1. The van der Waals surface area contributed by atoms with Crippen LogP contribution in [0.2, 0.25) is 0 Å². The van der Waals surface area contributed by atoms with Crippen LogP contribution in [0.5, 0.6) is 0 Å². The number of carbonyl (C=O) groups excluding carboxylic acids is 6. The van der Waals surface area contributed by atoms with Gasteiger partial charge < -0.3 is 45.8 Å². The number of nitrogens with two attached hydrogens (primary N) is 1. The fourth-order valence-corrected chi connectivity index (χ4v) is 6.76. The van der Waals surface area contributed by atoms with Crippen LogP contribution >= 0.6 is 0 Å². The lowest BCUT2D eigenvalue weighted by atomic mass is 10.0. The number of hydrogen-bond donors (Lipinski definition) is 6. The molecule has 2 aliphatic rings. The van der Waals surface area contributed by atoms with Crippen molar-refractivity contribution in [1.82, 2.24) is 35.3 Å². The van der Waals surface area contributed by atoms with Crippen molar-refractivity contribution in [1.29, 1.82) is 0 Å². The molecule has 5 heterocycles. The first-order chi connectivity index (χ1) is 30.7. The zero-order valence-electron chi connectivity index (χ0n) is 33.7. The fraction of sp³-hybridized carbons (Fsp3) is 0.293. The van der Waals surface area contributed by atoms with Crippen LogP contribution in [0.15, 0.2) is 77.7 Å². The van der Waals surface area contributed by atoms with E-state index in [1.54, 1.807) is 24.3 Å². The summed E-state index contributed by atoms with van der Waals surface area (Å²) in [4.78, 5) is 84.4. The Hall–Kier alpha value is -7.66. The molecule has 7 N–H and O–H groups in total. The lowest BCUT2D eigenvalue weighted by Gasteiger charge is -2.29. The SMILES string of the molecule is NC(=O)c1nn(-c2ccc(C(=O)NCCOCCOCCNc3cccc4c3CN(C3CCC(=O)NC3=O)C4=O)cc2)cc1NC(=O)c1coc(-c2ccnc(NCC(F)(F)F)c2)n1. The second kappa shape index (κ2) is 19.6. The number of hydrogen-bond acceptors (Lipinski definition) is 14. The number of alkyl halides is 3. The third kappa shape index (κ3) is 10.9. The number of benzene rings is 2. The predicted molar refractivity (Wildman–Crippen MR) is 219 cm³/mol. The zero-order valence-corrected chi connectivity index (χ0v) is 33.7. The van der Waals surface area contributed by atoms with Gasteiger partial charge in [0.15, 0.2) is 11.4 Å². The van der Waals surface area contributed by atoms with Crippen molar-refractivity contribution in [2.24, 2.45) is 5.73 Å². The molecule has 20 nitrogen and oxygen atoms in total. The van der Waals surface area contributed by atoms with Gasteiger partial charge in [-0.2, -0.15) is 18.3 Å². The van der Waals surface area contributed by atoms with E-state index in [-0.39, 0.29) is 91.2 Å². The van der Waals surface area contributed by atoms with E-state index in [9.17, 15) is 41.9 Å². The molecule has 6 amide bonds. The Labute approximate surface area is 361 Å². The van der Waals surface area contributed by atoms with Crippen LogP contribution in [0.25, 0.3) is 17.1 Å². The Morgan fingerprint density at radius 3 is 2.44 bits per heavy atom. The van der Waals surface area contributed by atoms with E-state index in [2.05, 4.69) is 41.7 Å². The molecule has 0 radical (unpaired) electrons. The van der Waals surface area contributed by atoms with Gasteiger partial charge in [-0.05, 0) is 55.0 Å². The van der Waals surface area contributed by atoms with E-state index >= 15 is 0 Å². The molecule has 23 heteroatoms. The molecule has 1 saturated heterocycles. The summed E-state index contributed by atoms with van der Waals surface area (Å²) in [6.45, 7) is 0.767. The molecule has 5 aromatic rings. The van der Waals surface area contributed by atoms with Crippen molar-refractivity contribution in [2.45, 2.75) is 31.6 Å². The van der Waals surface area contributed by atoms with E-state index < -0.39 is 36.5 Å². The van der Waals surface area contributed by atoms with Gasteiger partial charge in [-0.1, -0.05) is 6.07 Å². The summed E-state index contributed by atoms with van der Waals surface area (Å²) in [5, 5.41) is 17.2. The number of aromatic nitrogens is 4. The summed E-state index contributed by atoms with van der Waals surface area (Å²) in [6.07, 6.45) is -0.384. The van der Waals surface area contributed by atoms with E-state index in [1.807, 2.05) is 6.07 Å². The quantitative estimate of drug-likeness (QED) is 0.0515. The van der Waals surface area contributed by atoms with Crippen molar-refractivity contribution in [3.8, 4) is 17.1 Å². The highest BCUT2D eigenvalue weighted by Gasteiger charge is 2.40. The Morgan fingerprint density at radius 1 is 0.938 bits per heavy atom. The highest BCUT2D eigenvalue weighted by molar-refractivity contribution is 6.07. The number of nitrogens with zero attached hydrogens (tertiary/aromatic N) is 5. The summed E-state index contributed by atoms with van der Waals surface area (Å²) < 4.78 is 55.7. The number of amides is 6. The molecule has 1 fully saturated rings. The molecule has 7 rings (SSSR count). The largest absolute Gasteiger partial charge is 0.444 e. The Morgan fingerprint density at radius 2 is 1.70 bits per heavy atom. The van der Waals surface area contributed by atoms with Crippen LogP contribution in [-0.2, 0) is 25.6 Å². The van der Waals surface area contributed by atoms with E-state index in [0.29, 0.717) is 36.6 Å². The molecule has 3 aromatic heterocycles. The van der Waals surface area contributed by atoms with Gasteiger partial charge in [-0.3, -0.25) is 34.1 Å². The number of rotatable bonds is 19. The van der Waals surface area contributed by atoms with Crippen LogP contribution in [-0.4, -0.2) is 118 Å². The lowest BCUT2D eigenvalue weighted by Crippen LogP contribution is -2.52. The Bertz CT molecular complexity index is 2560. The van der Waals surface area contributed by atoms with Crippen LogP contribution in [0, 0.1) is 0 Å². The minimum absolute atomic E-state index is 0.0520. The average molecular weight is 888 g/mol. The van der Waals surface area contributed by atoms with Crippen LogP contribution in [0.1, 0.15) is 60.1 Å². The highest BCUT2D eigenvalue weighted by Crippen LogP contribution is 2.32. The monoisotopic (exact) mass is 887 g/mol. The minimum atomic E-state index is -4.46. The summed E-state index contributed by atoms with van der Waals surface area (Å²) >= 11 is 0. The van der Waals surface area contributed by atoms with Gasteiger partial charge in [0.1, 0.15) is 24.7 Å². The molecule has 64 heavy (non-hydrogen) atoms. The number of anilines is 3. The summed E-state index contributed by atoms with van der Waals surface area (Å²) in [5.41, 5.74) is 8.03. The number of carbonyl (C=O) groups is 6. The lowest BCUT2D eigenvalue weighted by molar-refractivity contribution is -0.137. The molecule has 334 valence electrons. The first kappa shape index (κ1) is 44.4. The molecule has 2 aliphatic heterocycles.